The van der Waals surface area contributed by atoms with Crippen molar-refractivity contribution in [3.05, 3.63) is 28.3 Å². The Morgan fingerprint density at radius 3 is 2.35 bits per heavy atom. The minimum atomic E-state index is -3.93. The third-order valence-electron chi connectivity index (χ3n) is 2.53. The number of nitrogens with one attached hydrogen (secondary N) is 2. The molecule has 0 bridgehead atoms. The van der Waals surface area contributed by atoms with Crippen molar-refractivity contribution in [3.63, 3.8) is 0 Å². The molecule has 0 aliphatic heterocycles. The standard InChI is InChI=1S/C12H19N3O4S/c1-12(2,3)8-14-20(18,19)11-7-9(13-4)5-6-10(11)15(16)17/h5-7,13-14H,8H2,1-4H3. The zero-order valence-electron chi connectivity index (χ0n) is 11.9. The molecular formula is C12H19N3O4S. The minimum absolute atomic E-state index is 0.191. The van der Waals surface area contributed by atoms with Crippen LogP contribution in [0.5, 0.6) is 0 Å². The van der Waals surface area contributed by atoms with E-state index in [1.807, 2.05) is 20.8 Å². The summed E-state index contributed by atoms with van der Waals surface area (Å²) in [6.45, 7) is 5.80. The van der Waals surface area contributed by atoms with Crippen molar-refractivity contribution < 1.29 is 13.3 Å². The van der Waals surface area contributed by atoms with Crippen LogP contribution >= 0.6 is 0 Å². The second-order valence-electron chi connectivity index (χ2n) is 5.57. The maximum Gasteiger partial charge on any atom is 0.289 e. The first-order valence-electron chi connectivity index (χ1n) is 6.03. The van der Waals surface area contributed by atoms with E-state index in [-0.39, 0.29) is 16.9 Å². The first-order valence-corrected chi connectivity index (χ1v) is 7.51. The molecule has 0 aromatic heterocycles. The van der Waals surface area contributed by atoms with Crippen LogP contribution in [0.4, 0.5) is 11.4 Å². The molecule has 0 aliphatic rings. The second-order valence-corrected chi connectivity index (χ2v) is 7.31. The average molecular weight is 301 g/mol. The van der Waals surface area contributed by atoms with Gasteiger partial charge in [0.15, 0.2) is 4.90 Å². The number of nitro benzene ring substituents is 1. The SMILES string of the molecule is CNc1ccc([N+](=O)[O-])c(S(=O)(=O)NCC(C)(C)C)c1. The van der Waals surface area contributed by atoms with Gasteiger partial charge < -0.3 is 5.32 Å². The smallest absolute Gasteiger partial charge is 0.289 e. The Balaban J connectivity index is 3.25. The van der Waals surface area contributed by atoms with Gasteiger partial charge in [-0.2, -0.15) is 0 Å². The number of rotatable bonds is 5. The van der Waals surface area contributed by atoms with Crippen molar-refractivity contribution >= 4 is 21.4 Å². The Bertz CT molecular complexity index is 606. The van der Waals surface area contributed by atoms with Crippen molar-refractivity contribution in [1.82, 2.24) is 4.72 Å². The highest BCUT2D eigenvalue weighted by atomic mass is 32.2. The molecule has 1 rings (SSSR count). The Hall–Kier alpha value is -1.67. The van der Waals surface area contributed by atoms with Gasteiger partial charge in [0.25, 0.3) is 5.69 Å². The van der Waals surface area contributed by atoms with Gasteiger partial charge in [0, 0.05) is 25.3 Å². The summed E-state index contributed by atoms with van der Waals surface area (Å²) in [4.78, 5) is 9.92. The Labute approximate surface area is 118 Å². The first-order chi connectivity index (χ1) is 9.07. The van der Waals surface area contributed by atoms with E-state index in [4.69, 9.17) is 0 Å². The van der Waals surface area contributed by atoms with Gasteiger partial charge in [0.1, 0.15) is 0 Å². The molecule has 1 aromatic rings. The molecule has 7 nitrogen and oxygen atoms in total. The summed E-state index contributed by atoms with van der Waals surface area (Å²) in [6, 6.07) is 3.89. The fourth-order valence-corrected chi connectivity index (χ4v) is 2.90. The normalized spacial score (nSPS) is 12.2. The van der Waals surface area contributed by atoms with Crippen LogP contribution in [0.15, 0.2) is 23.1 Å². The molecule has 20 heavy (non-hydrogen) atoms. The van der Waals surface area contributed by atoms with Crippen molar-refractivity contribution in [3.8, 4) is 0 Å². The second kappa shape index (κ2) is 5.76. The van der Waals surface area contributed by atoms with Gasteiger partial charge in [0.2, 0.25) is 10.0 Å². The number of nitrogens with zero attached hydrogens (tertiary/aromatic N) is 1. The van der Waals surface area contributed by atoms with Crippen molar-refractivity contribution in [2.45, 2.75) is 25.7 Å². The monoisotopic (exact) mass is 301 g/mol. The number of hydrogen-bond donors (Lipinski definition) is 2. The van der Waals surface area contributed by atoms with E-state index in [1.54, 1.807) is 7.05 Å². The third kappa shape index (κ3) is 4.17. The average Bonchev–Trinajstić information content (AvgIpc) is 2.35. The maximum absolute atomic E-state index is 12.2. The van der Waals surface area contributed by atoms with Crippen LogP contribution in [0.3, 0.4) is 0 Å². The minimum Gasteiger partial charge on any atom is -0.388 e. The van der Waals surface area contributed by atoms with E-state index in [9.17, 15) is 18.5 Å². The molecule has 0 spiro atoms. The first kappa shape index (κ1) is 16.4. The van der Waals surface area contributed by atoms with Gasteiger partial charge in [-0.25, -0.2) is 13.1 Å². The number of anilines is 1. The highest BCUT2D eigenvalue weighted by molar-refractivity contribution is 7.89. The number of benzene rings is 1. The highest BCUT2D eigenvalue weighted by Gasteiger charge is 2.27. The predicted molar refractivity (Wildman–Crippen MR) is 77.3 cm³/mol. The molecule has 0 amide bonds. The molecule has 0 saturated carbocycles. The topological polar surface area (TPSA) is 101 Å². The van der Waals surface area contributed by atoms with Crippen molar-refractivity contribution in [2.24, 2.45) is 5.41 Å². The molecule has 0 saturated heterocycles. The molecule has 0 aliphatic carbocycles. The molecule has 112 valence electrons. The molecule has 0 heterocycles. The summed E-state index contributed by atoms with van der Waals surface area (Å²) in [5, 5.41) is 13.7. The molecular weight excluding hydrogens is 282 g/mol. The number of nitro groups is 1. The van der Waals surface area contributed by atoms with Crippen LogP contribution in [0, 0.1) is 15.5 Å². The molecule has 0 radical (unpaired) electrons. The molecule has 0 unspecified atom stereocenters. The Morgan fingerprint density at radius 2 is 1.90 bits per heavy atom. The van der Waals surface area contributed by atoms with E-state index in [1.165, 1.54) is 18.2 Å². The molecule has 8 heteroatoms. The van der Waals surface area contributed by atoms with Crippen LogP contribution < -0.4 is 10.0 Å². The summed E-state index contributed by atoms with van der Waals surface area (Å²) in [5.41, 5.74) is -0.209. The fourth-order valence-electron chi connectivity index (χ4n) is 1.42. The fraction of sp³-hybridized carbons (Fsp3) is 0.500. The van der Waals surface area contributed by atoms with E-state index >= 15 is 0 Å². The zero-order valence-corrected chi connectivity index (χ0v) is 12.7. The summed E-state index contributed by atoms with van der Waals surface area (Å²) < 4.78 is 26.9. The van der Waals surface area contributed by atoms with Crippen LogP contribution in [0.1, 0.15) is 20.8 Å². The van der Waals surface area contributed by atoms with Gasteiger partial charge in [0.05, 0.1) is 4.92 Å². The maximum atomic E-state index is 12.2. The molecule has 0 atom stereocenters. The van der Waals surface area contributed by atoms with Gasteiger partial charge >= 0.3 is 0 Å². The summed E-state index contributed by atoms with van der Waals surface area (Å²) in [7, 11) is -2.32. The van der Waals surface area contributed by atoms with Crippen molar-refractivity contribution in [1.29, 1.82) is 0 Å². The van der Waals surface area contributed by atoms with Gasteiger partial charge in [-0.15, -0.1) is 0 Å². The number of hydrogen-bond acceptors (Lipinski definition) is 5. The lowest BCUT2D eigenvalue weighted by Crippen LogP contribution is -2.32. The van der Waals surface area contributed by atoms with Crippen LogP contribution in [0.25, 0.3) is 0 Å². The van der Waals surface area contributed by atoms with Crippen LogP contribution in [-0.2, 0) is 10.0 Å². The lowest BCUT2D eigenvalue weighted by Gasteiger charge is -2.18. The zero-order chi connectivity index (χ0) is 15.6. The molecule has 2 N–H and O–H groups in total. The summed E-state index contributed by atoms with van der Waals surface area (Å²) in [6.07, 6.45) is 0. The summed E-state index contributed by atoms with van der Waals surface area (Å²) >= 11 is 0. The largest absolute Gasteiger partial charge is 0.388 e. The van der Waals surface area contributed by atoms with Gasteiger partial charge in [-0.05, 0) is 17.5 Å². The van der Waals surface area contributed by atoms with E-state index in [0.29, 0.717) is 5.69 Å². The highest BCUT2D eigenvalue weighted by Crippen LogP contribution is 2.27. The van der Waals surface area contributed by atoms with E-state index in [0.717, 1.165) is 0 Å². The van der Waals surface area contributed by atoms with Crippen LogP contribution in [0.2, 0.25) is 0 Å². The van der Waals surface area contributed by atoms with E-state index in [2.05, 4.69) is 10.0 Å². The van der Waals surface area contributed by atoms with Crippen molar-refractivity contribution in [2.75, 3.05) is 18.9 Å². The Morgan fingerprint density at radius 1 is 1.30 bits per heavy atom. The van der Waals surface area contributed by atoms with Gasteiger partial charge in [-0.3, -0.25) is 10.1 Å². The quantitative estimate of drug-likeness (QED) is 0.639. The lowest BCUT2D eigenvalue weighted by molar-refractivity contribution is -0.387. The molecule has 0 fully saturated rings. The van der Waals surface area contributed by atoms with E-state index < -0.39 is 20.6 Å². The van der Waals surface area contributed by atoms with Crippen LogP contribution in [-0.4, -0.2) is 26.9 Å². The predicted octanol–water partition coefficient (Wildman–Crippen LogP) is 1.96. The van der Waals surface area contributed by atoms with Gasteiger partial charge in [-0.1, -0.05) is 20.8 Å². The lowest BCUT2D eigenvalue weighted by atomic mass is 9.98. The number of sulfonamides is 1. The summed E-state index contributed by atoms with van der Waals surface area (Å²) in [5.74, 6) is 0. The third-order valence-corrected chi connectivity index (χ3v) is 3.96. The molecule has 1 aromatic carbocycles. The Kier molecular flexibility index (Phi) is 4.72.